The Bertz CT molecular complexity index is 301. The summed E-state index contributed by atoms with van der Waals surface area (Å²) in [6.45, 7) is 4.23. The summed E-state index contributed by atoms with van der Waals surface area (Å²) in [5.41, 5.74) is 0.628. The van der Waals surface area contributed by atoms with E-state index in [1.807, 2.05) is 6.92 Å². The summed E-state index contributed by atoms with van der Waals surface area (Å²) in [5, 5.41) is 0. The van der Waals surface area contributed by atoms with Crippen LogP contribution in [-0.2, 0) is 0 Å². The molecule has 1 rings (SSSR count). The van der Waals surface area contributed by atoms with E-state index < -0.39 is 0 Å². The molecule has 0 amide bonds. The van der Waals surface area contributed by atoms with Crippen molar-refractivity contribution in [3.05, 3.63) is 29.6 Å². The van der Waals surface area contributed by atoms with E-state index in [0.717, 1.165) is 0 Å². The maximum atomic E-state index is 13.1. The first-order valence-electron chi connectivity index (χ1n) is 4.58. The molecule has 0 aliphatic carbocycles. The molecule has 0 bridgehead atoms. The summed E-state index contributed by atoms with van der Waals surface area (Å²) >= 11 is 5.62. The monoisotopic (exact) mass is 216 g/mol. The highest BCUT2D eigenvalue weighted by molar-refractivity contribution is 6.18. The van der Waals surface area contributed by atoms with Crippen LogP contribution in [0.1, 0.15) is 12.5 Å². The summed E-state index contributed by atoms with van der Waals surface area (Å²) in [4.78, 5) is 0. The van der Waals surface area contributed by atoms with Gasteiger partial charge >= 0.3 is 0 Å². The molecule has 0 saturated carbocycles. The third-order valence-electron chi connectivity index (χ3n) is 1.94. The molecule has 78 valence electrons. The van der Waals surface area contributed by atoms with Gasteiger partial charge in [0.1, 0.15) is 11.6 Å². The highest BCUT2D eigenvalue weighted by atomic mass is 35.5. The zero-order valence-electron chi connectivity index (χ0n) is 8.39. The second kappa shape index (κ2) is 5.20. The van der Waals surface area contributed by atoms with Crippen LogP contribution in [0.2, 0.25) is 0 Å². The zero-order valence-corrected chi connectivity index (χ0v) is 9.14. The number of aryl methyl sites for hydroxylation is 1. The lowest BCUT2D eigenvalue weighted by molar-refractivity contribution is 0.271. The Kier molecular flexibility index (Phi) is 4.21. The van der Waals surface area contributed by atoms with E-state index in [1.54, 1.807) is 19.1 Å². The fourth-order valence-electron chi connectivity index (χ4n) is 0.946. The van der Waals surface area contributed by atoms with E-state index in [-0.39, 0.29) is 11.7 Å². The van der Waals surface area contributed by atoms with Crippen LogP contribution in [0.15, 0.2) is 18.2 Å². The van der Waals surface area contributed by atoms with Crippen LogP contribution in [0, 0.1) is 18.7 Å². The van der Waals surface area contributed by atoms with Gasteiger partial charge in [-0.2, -0.15) is 0 Å². The van der Waals surface area contributed by atoms with Crippen LogP contribution in [0.3, 0.4) is 0 Å². The third-order valence-corrected chi connectivity index (χ3v) is 2.47. The van der Waals surface area contributed by atoms with Gasteiger partial charge in [0.2, 0.25) is 0 Å². The molecular formula is C11H14ClFO. The van der Waals surface area contributed by atoms with Crippen LogP contribution >= 0.6 is 11.6 Å². The molecule has 0 N–H and O–H groups in total. The standard InChI is InChI=1S/C11H14ClFO/c1-8(6-12)7-14-10-4-3-9(2)11(13)5-10/h3-5,8H,6-7H2,1-2H3. The van der Waals surface area contributed by atoms with E-state index in [0.29, 0.717) is 23.8 Å². The summed E-state index contributed by atoms with van der Waals surface area (Å²) in [5.74, 6) is 1.15. The molecule has 0 aliphatic heterocycles. The average molecular weight is 217 g/mol. The largest absolute Gasteiger partial charge is 0.493 e. The molecule has 0 saturated heterocycles. The summed E-state index contributed by atoms with van der Waals surface area (Å²) in [6.07, 6.45) is 0. The van der Waals surface area contributed by atoms with Crippen molar-refractivity contribution in [3.8, 4) is 5.75 Å². The normalized spacial score (nSPS) is 12.6. The molecule has 1 unspecified atom stereocenters. The Morgan fingerprint density at radius 2 is 2.21 bits per heavy atom. The number of hydrogen-bond donors (Lipinski definition) is 0. The molecule has 0 radical (unpaired) electrons. The first-order valence-corrected chi connectivity index (χ1v) is 5.12. The van der Waals surface area contributed by atoms with Crippen molar-refractivity contribution in [1.29, 1.82) is 0 Å². The second-order valence-electron chi connectivity index (χ2n) is 3.48. The van der Waals surface area contributed by atoms with Gasteiger partial charge in [0, 0.05) is 17.9 Å². The average Bonchev–Trinajstić information content (AvgIpc) is 2.19. The van der Waals surface area contributed by atoms with E-state index in [4.69, 9.17) is 16.3 Å². The SMILES string of the molecule is Cc1ccc(OCC(C)CCl)cc1F. The van der Waals surface area contributed by atoms with Gasteiger partial charge < -0.3 is 4.74 Å². The van der Waals surface area contributed by atoms with Gasteiger partial charge in [-0.05, 0) is 18.6 Å². The van der Waals surface area contributed by atoms with Gasteiger partial charge in [-0.1, -0.05) is 13.0 Å². The zero-order chi connectivity index (χ0) is 10.6. The topological polar surface area (TPSA) is 9.23 Å². The Labute approximate surface area is 88.8 Å². The molecule has 0 aromatic heterocycles. The first kappa shape index (κ1) is 11.3. The minimum atomic E-state index is -0.235. The lowest BCUT2D eigenvalue weighted by atomic mass is 10.2. The minimum absolute atomic E-state index is 0.235. The third kappa shape index (κ3) is 3.18. The number of benzene rings is 1. The molecular weight excluding hydrogens is 203 g/mol. The number of alkyl halides is 1. The molecule has 3 heteroatoms. The Morgan fingerprint density at radius 3 is 2.79 bits per heavy atom. The van der Waals surface area contributed by atoms with E-state index in [1.165, 1.54) is 6.07 Å². The maximum absolute atomic E-state index is 13.1. The van der Waals surface area contributed by atoms with E-state index in [9.17, 15) is 4.39 Å². The molecule has 0 aliphatic rings. The second-order valence-corrected chi connectivity index (χ2v) is 3.79. The number of ether oxygens (including phenoxy) is 1. The molecule has 0 fully saturated rings. The van der Waals surface area contributed by atoms with Crippen LogP contribution in [0.25, 0.3) is 0 Å². The number of hydrogen-bond acceptors (Lipinski definition) is 1. The van der Waals surface area contributed by atoms with Crippen molar-refractivity contribution in [3.63, 3.8) is 0 Å². The lowest BCUT2D eigenvalue weighted by Gasteiger charge is -2.10. The highest BCUT2D eigenvalue weighted by Crippen LogP contribution is 2.16. The van der Waals surface area contributed by atoms with Crippen molar-refractivity contribution < 1.29 is 9.13 Å². The minimum Gasteiger partial charge on any atom is -0.493 e. The van der Waals surface area contributed by atoms with Crippen molar-refractivity contribution in [2.24, 2.45) is 5.92 Å². The van der Waals surface area contributed by atoms with Crippen molar-refractivity contribution in [1.82, 2.24) is 0 Å². The van der Waals surface area contributed by atoms with Crippen LogP contribution in [0.4, 0.5) is 4.39 Å². The van der Waals surface area contributed by atoms with E-state index >= 15 is 0 Å². The Balaban J connectivity index is 2.55. The van der Waals surface area contributed by atoms with Crippen molar-refractivity contribution >= 4 is 11.6 Å². The summed E-state index contributed by atoms with van der Waals surface area (Å²) in [7, 11) is 0. The fourth-order valence-corrected chi connectivity index (χ4v) is 1.04. The van der Waals surface area contributed by atoms with Gasteiger partial charge in [0.25, 0.3) is 0 Å². The quantitative estimate of drug-likeness (QED) is 0.701. The number of rotatable bonds is 4. The first-order chi connectivity index (χ1) is 6.63. The molecule has 0 spiro atoms. The van der Waals surface area contributed by atoms with Crippen LogP contribution in [-0.4, -0.2) is 12.5 Å². The molecule has 0 heterocycles. The van der Waals surface area contributed by atoms with Gasteiger partial charge in [-0.15, -0.1) is 11.6 Å². The highest BCUT2D eigenvalue weighted by Gasteiger charge is 2.03. The van der Waals surface area contributed by atoms with Gasteiger partial charge in [-0.25, -0.2) is 4.39 Å². The predicted molar refractivity (Wildman–Crippen MR) is 56.5 cm³/mol. The van der Waals surface area contributed by atoms with E-state index in [2.05, 4.69) is 0 Å². The summed E-state index contributed by atoms with van der Waals surface area (Å²) in [6, 6.07) is 4.87. The summed E-state index contributed by atoms with van der Waals surface area (Å²) < 4.78 is 18.4. The smallest absolute Gasteiger partial charge is 0.129 e. The molecule has 1 aromatic carbocycles. The molecule has 1 aromatic rings. The van der Waals surface area contributed by atoms with Crippen LogP contribution in [0.5, 0.6) is 5.75 Å². The van der Waals surface area contributed by atoms with Crippen LogP contribution < -0.4 is 4.74 Å². The van der Waals surface area contributed by atoms with Gasteiger partial charge in [-0.3, -0.25) is 0 Å². The predicted octanol–water partition coefficient (Wildman–Crippen LogP) is 3.39. The maximum Gasteiger partial charge on any atom is 0.129 e. The van der Waals surface area contributed by atoms with Crippen molar-refractivity contribution in [2.45, 2.75) is 13.8 Å². The Hall–Kier alpha value is -0.760. The molecule has 14 heavy (non-hydrogen) atoms. The Morgan fingerprint density at radius 1 is 1.50 bits per heavy atom. The molecule has 1 atom stereocenters. The number of halogens is 2. The van der Waals surface area contributed by atoms with Crippen molar-refractivity contribution in [2.75, 3.05) is 12.5 Å². The molecule has 1 nitrogen and oxygen atoms in total. The fraction of sp³-hybridized carbons (Fsp3) is 0.455. The van der Waals surface area contributed by atoms with Gasteiger partial charge in [0.05, 0.1) is 6.61 Å². The lowest BCUT2D eigenvalue weighted by Crippen LogP contribution is -2.09. The van der Waals surface area contributed by atoms with Gasteiger partial charge in [0.15, 0.2) is 0 Å².